The van der Waals surface area contributed by atoms with Gasteiger partial charge in [0.2, 0.25) is 0 Å². The first-order valence-corrected chi connectivity index (χ1v) is 5.93. The van der Waals surface area contributed by atoms with Crippen molar-refractivity contribution in [2.75, 3.05) is 6.26 Å². The zero-order valence-electron chi connectivity index (χ0n) is 7.66. The molecule has 1 N–H and O–H groups in total. The first-order chi connectivity index (χ1) is 6.21. The Bertz CT molecular complexity index is 241. The predicted octanol–water partition coefficient (Wildman–Crippen LogP) is 1.11. The normalized spacial score (nSPS) is 50.3. The van der Waals surface area contributed by atoms with Gasteiger partial charge in [0.25, 0.3) is 0 Å². The van der Waals surface area contributed by atoms with Crippen LogP contribution >= 0.6 is 12.0 Å². The maximum Gasteiger partial charge on any atom is 0.104 e. The van der Waals surface area contributed by atoms with Crippen molar-refractivity contribution < 1.29 is 14.0 Å². The molecule has 0 amide bonds. The highest BCUT2D eigenvalue weighted by Crippen LogP contribution is 2.62. The van der Waals surface area contributed by atoms with Crippen molar-refractivity contribution in [2.45, 2.75) is 49.1 Å². The Labute approximate surface area is 82.0 Å². The Balaban J connectivity index is 1.76. The Kier molecular flexibility index (Phi) is 1.59. The summed E-state index contributed by atoms with van der Waals surface area (Å²) in [6.07, 6.45) is 5.81. The van der Waals surface area contributed by atoms with Gasteiger partial charge in [-0.1, -0.05) is 0 Å². The molecule has 13 heavy (non-hydrogen) atoms. The highest BCUT2D eigenvalue weighted by atomic mass is 32.2. The van der Waals surface area contributed by atoms with Gasteiger partial charge >= 0.3 is 0 Å². The van der Waals surface area contributed by atoms with Crippen LogP contribution in [0.3, 0.4) is 0 Å². The van der Waals surface area contributed by atoms with E-state index in [9.17, 15) is 5.11 Å². The van der Waals surface area contributed by atoms with Crippen molar-refractivity contribution in [3.05, 3.63) is 0 Å². The molecule has 4 heteroatoms. The molecule has 3 nitrogen and oxygen atoms in total. The molecule has 2 spiro atoms. The van der Waals surface area contributed by atoms with Gasteiger partial charge in [-0.2, -0.15) is 0 Å². The van der Waals surface area contributed by atoms with Gasteiger partial charge in [0.05, 0.1) is 11.7 Å². The van der Waals surface area contributed by atoms with Gasteiger partial charge in [-0.15, -0.1) is 0 Å². The fraction of sp³-hybridized carbons (Fsp3) is 1.00. The van der Waals surface area contributed by atoms with Gasteiger partial charge in [-0.25, -0.2) is 0 Å². The van der Waals surface area contributed by atoms with Crippen LogP contribution in [0, 0.1) is 0 Å². The molecule has 3 aliphatic rings. The van der Waals surface area contributed by atoms with Crippen molar-refractivity contribution >= 4 is 12.0 Å². The summed E-state index contributed by atoms with van der Waals surface area (Å²) in [5, 5.41) is 9.48. The number of rotatable bonds is 2. The number of aliphatic hydroxyl groups excluding tert-OH is 1. The Morgan fingerprint density at radius 3 is 2.54 bits per heavy atom. The van der Waals surface area contributed by atoms with E-state index in [1.807, 2.05) is 6.26 Å². The van der Waals surface area contributed by atoms with Crippen LogP contribution in [0.15, 0.2) is 0 Å². The van der Waals surface area contributed by atoms with Crippen LogP contribution < -0.4 is 0 Å². The van der Waals surface area contributed by atoms with Gasteiger partial charge in [0.1, 0.15) is 11.7 Å². The minimum atomic E-state index is -0.236. The van der Waals surface area contributed by atoms with E-state index >= 15 is 0 Å². The molecular weight excluding hydrogens is 188 g/mol. The van der Waals surface area contributed by atoms with E-state index in [4.69, 9.17) is 8.92 Å². The number of ether oxygens (including phenoxy) is 1. The van der Waals surface area contributed by atoms with Crippen LogP contribution in [-0.2, 0) is 8.92 Å². The van der Waals surface area contributed by atoms with Crippen LogP contribution in [0.4, 0.5) is 0 Å². The fourth-order valence-corrected chi connectivity index (χ4v) is 2.87. The van der Waals surface area contributed by atoms with Crippen LogP contribution in [0.25, 0.3) is 0 Å². The van der Waals surface area contributed by atoms with E-state index in [2.05, 4.69) is 0 Å². The molecule has 1 saturated heterocycles. The summed E-state index contributed by atoms with van der Waals surface area (Å²) in [5.74, 6) is 0. The second-order valence-corrected chi connectivity index (χ2v) is 4.93. The van der Waals surface area contributed by atoms with E-state index in [-0.39, 0.29) is 23.4 Å². The number of aliphatic hydroxyl groups is 1. The van der Waals surface area contributed by atoms with E-state index in [1.54, 1.807) is 0 Å². The lowest BCUT2D eigenvalue weighted by Gasteiger charge is -2.15. The van der Waals surface area contributed by atoms with Crippen LogP contribution in [0.5, 0.6) is 0 Å². The average molecular weight is 202 g/mol. The molecule has 1 heterocycles. The molecule has 0 aromatic rings. The SMILES string of the molecule is CSO[C@@H]1CC2(CC2O)OC12CC2. The maximum atomic E-state index is 9.48. The fourth-order valence-electron chi connectivity index (χ4n) is 2.39. The largest absolute Gasteiger partial charge is 0.390 e. The Morgan fingerprint density at radius 1 is 1.38 bits per heavy atom. The first kappa shape index (κ1) is 8.53. The molecule has 0 radical (unpaired) electrons. The highest BCUT2D eigenvalue weighted by molar-refractivity contribution is 7.93. The quantitative estimate of drug-likeness (QED) is 0.681. The molecule has 3 rings (SSSR count). The zero-order valence-corrected chi connectivity index (χ0v) is 8.47. The van der Waals surface area contributed by atoms with Crippen LogP contribution in [0.1, 0.15) is 25.7 Å². The summed E-state index contributed by atoms with van der Waals surface area (Å²) in [4.78, 5) is 0. The monoisotopic (exact) mass is 202 g/mol. The predicted molar refractivity (Wildman–Crippen MR) is 49.4 cm³/mol. The van der Waals surface area contributed by atoms with Crippen molar-refractivity contribution in [2.24, 2.45) is 0 Å². The maximum absolute atomic E-state index is 9.48. The van der Waals surface area contributed by atoms with Gasteiger partial charge in [-0.3, -0.25) is 0 Å². The molecule has 0 aromatic heterocycles. The lowest BCUT2D eigenvalue weighted by molar-refractivity contribution is -0.0298. The minimum Gasteiger partial charge on any atom is -0.390 e. The molecule has 0 aromatic carbocycles. The number of hydrogen-bond acceptors (Lipinski definition) is 4. The summed E-state index contributed by atoms with van der Waals surface area (Å²) in [6, 6.07) is 0. The second-order valence-electron chi connectivity index (χ2n) is 4.41. The van der Waals surface area contributed by atoms with E-state index in [1.165, 1.54) is 12.0 Å². The molecule has 74 valence electrons. The van der Waals surface area contributed by atoms with Crippen molar-refractivity contribution in [3.8, 4) is 0 Å². The topological polar surface area (TPSA) is 38.7 Å². The van der Waals surface area contributed by atoms with E-state index in [0.29, 0.717) is 0 Å². The van der Waals surface area contributed by atoms with Crippen molar-refractivity contribution in [1.29, 1.82) is 0 Å². The third kappa shape index (κ3) is 1.09. The molecule has 1 aliphatic heterocycles. The molecule has 3 fully saturated rings. The number of hydrogen-bond donors (Lipinski definition) is 1. The highest BCUT2D eigenvalue weighted by Gasteiger charge is 2.71. The van der Waals surface area contributed by atoms with E-state index in [0.717, 1.165) is 25.7 Å². The molecule has 2 saturated carbocycles. The third-order valence-corrected chi connectivity index (χ3v) is 3.89. The summed E-state index contributed by atoms with van der Waals surface area (Å²) in [7, 11) is 0. The Hall–Kier alpha value is 0.230. The van der Waals surface area contributed by atoms with Crippen molar-refractivity contribution in [1.82, 2.24) is 0 Å². The first-order valence-electron chi connectivity index (χ1n) is 4.79. The van der Waals surface area contributed by atoms with Crippen LogP contribution in [-0.4, -0.2) is 34.8 Å². The molecule has 0 bridgehead atoms. The zero-order chi connectivity index (χ0) is 9.10. The van der Waals surface area contributed by atoms with Crippen molar-refractivity contribution in [3.63, 3.8) is 0 Å². The molecule has 2 unspecified atom stereocenters. The second kappa shape index (κ2) is 2.42. The summed E-state index contributed by atoms with van der Waals surface area (Å²) in [5.41, 5.74) is -0.225. The summed E-state index contributed by atoms with van der Waals surface area (Å²) >= 11 is 1.41. The van der Waals surface area contributed by atoms with E-state index < -0.39 is 0 Å². The lowest BCUT2D eigenvalue weighted by Crippen LogP contribution is -2.23. The molecular formula is C9H14O3S. The molecule has 2 aliphatic carbocycles. The van der Waals surface area contributed by atoms with Gasteiger partial charge in [-0.05, 0) is 24.9 Å². The van der Waals surface area contributed by atoms with Gasteiger partial charge < -0.3 is 14.0 Å². The molecule has 3 atom stereocenters. The summed E-state index contributed by atoms with van der Waals surface area (Å²) < 4.78 is 11.5. The van der Waals surface area contributed by atoms with Gasteiger partial charge in [0.15, 0.2) is 0 Å². The summed E-state index contributed by atoms with van der Waals surface area (Å²) in [6.45, 7) is 0. The third-order valence-electron chi connectivity index (χ3n) is 3.47. The smallest absolute Gasteiger partial charge is 0.104 e. The van der Waals surface area contributed by atoms with Crippen LogP contribution in [0.2, 0.25) is 0 Å². The standard InChI is InChI=1S/C9H14O3S/c1-13-11-7-5-9(4-6(9)10)12-8(7)2-3-8/h6-7,10H,2-5H2,1H3/t6?,7-,9?/m1/s1. The van der Waals surface area contributed by atoms with Gasteiger partial charge in [0, 0.05) is 19.1 Å². The lowest BCUT2D eigenvalue weighted by atomic mass is 10.1. The Morgan fingerprint density at radius 2 is 2.08 bits per heavy atom. The average Bonchev–Trinajstić information content (AvgIpc) is 2.91. The minimum absolute atomic E-state index is 0.0134.